The van der Waals surface area contributed by atoms with Gasteiger partial charge in [-0.1, -0.05) is 13.8 Å². The molecule has 20 heavy (non-hydrogen) atoms. The zero-order valence-corrected chi connectivity index (χ0v) is 11.3. The van der Waals surface area contributed by atoms with Gasteiger partial charge in [0.1, 0.15) is 17.7 Å². The molecule has 2 rings (SSSR count). The molecule has 1 aliphatic heterocycles. The fourth-order valence-electron chi connectivity index (χ4n) is 2.25. The number of nitrogens with one attached hydrogen (secondary N) is 2. The first-order valence-corrected chi connectivity index (χ1v) is 6.47. The Morgan fingerprint density at radius 2 is 1.85 bits per heavy atom. The van der Waals surface area contributed by atoms with Gasteiger partial charge in [-0.05, 0) is 24.5 Å². The van der Waals surface area contributed by atoms with Crippen molar-refractivity contribution in [1.82, 2.24) is 5.32 Å². The zero-order valence-electron chi connectivity index (χ0n) is 11.3. The predicted molar refractivity (Wildman–Crippen MR) is 70.2 cm³/mol. The molecule has 0 radical (unpaired) electrons. The molecular formula is C14H16F2N2O2. The van der Waals surface area contributed by atoms with E-state index in [1.807, 2.05) is 0 Å². The Bertz CT molecular complexity index is 535. The van der Waals surface area contributed by atoms with Crippen LogP contribution in [0.1, 0.15) is 38.2 Å². The number of carbonyl (C=O) groups is 2. The van der Waals surface area contributed by atoms with Crippen LogP contribution in [0.15, 0.2) is 12.1 Å². The van der Waals surface area contributed by atoms with Gasteiger partial charge in [-0.2, -0.15) is 0 Å². The monoisotopic (exact) mass is 282 g/mol. The summed E-state index contributed by atoms with van der Waals surface area (Å²) in [6, 6.07) is 1.68. The molecule has 1 aliphatic rings. The van der Waals surface area contributed by atoms with Crippen molar-refractivity contribution in [1.29, 1.82) is 0 Å². The second-order valence-electron chi connectivity index (χ2n) is 5.16. The zero-order chi connectivity index (χ0) is 14.9. The number of piperidine rings is 1. The minimum absolute atomic E-state index is 0.0267. The van der Waals surface area contributed by atoms with Gasteiger partial charge in [0.15, 0.2) is 0 Å². The molecule has 0 spiro atoms. The van der Waals surface area contributed by atoms with Gasteiger partial charge >= 0.3 is 0 Å². The fourth-order valence-corrected chi connectivity index (χ4v) is 2.25. The standard InChI is InChI=1S/C14H16F2N2O2/c1-7(2)13-9(15)5-8(6-10(13)16)17-11-3-4-12(19)18-14(11)20/h5-7,11,17H,3-4H2,1-2H3,(H,18,19,20). The maximum atomic E-state index is 13.8. The summed E-state index contributed by atoms with van der Waals surface area (Å²) in [7, 11) is 0. The van der Waals surface area contributed by atoms with Crippen LogP contribution in [-0.4, -0.2) is 17.9 Å². The number of benzene rings is 1. The van der Waals surface area contributed by atoms with Gasteiger partial charge in [0.2, 0.25) is 11.8 Å². The highest BCUT2D eigenvalue weighted by Gasteiger charge is 2.27. The molecular weight excluding hydrogens is 266 g/mol. The summed E-state index contributed by atoms with van der Waals surface area (Å²) < 4.78 is 27.7. The third-order valence-electron chi connectivity index (χ3n) is 3.24. The average molecular weight is 282 g/mol. The number of halogens is 2. The molecule has 1 aromatic carbocycles. The highest BCUT2D eigenvalue weighted by Crippen LogP contribution is 2.26. The van der Waals surface area contributed by atoms with E-state index in [-0.39, 0.29) is 29.5 Å². The molecule has 1 heterocycles. The molecule has 1 saturated heterocycles. The van der Waals surface area contributed by atoms with Crippen LogP contribution in [0.3, 0.4) is 0 Å². The molecule has 6 heteroatoms. The van der Waals surface area contributed by atoms with Crippen LogP contribution >= 0.6 is 0 Å². The van der Waals surface area contributed by atoms with Crippen LogP contribution in [0.4, 0.5) is 14.5 Å². The molecule has 0 bridgehead atoms. The van der Waals surface area contributed by atoms with Crippen molar-refractivity contribution in [2.75, 3.05) is 5.32 Å². The lowest BCUT2D eigenvalue weighted by atomic mass is 10.0. The average Bonchev–Trinajstić information content (AvgIpc) is 2.31. The summed E-state index contributed by atoms with van der Waals surface area (Å²) >= 11 is 0. The molecule has 0 saturated carbocycles. The molecule has 1 aromatic rings. The van der Waals surface area contributed by atoms with Crippen LogP contribution in [0.2, 0.25) is 0 Å². The second-order valence-corrected chi connectivity index (χ2v) is 5.16. The van der Waals surface area contributed by atoms with Gasteiger partial charge in [0, 0.05) is 17.7 Å². The van der Waals surface area contributed by atoms with Crippen molar-refractivity contribution in [3.63, 3.8) is 0 Å². The van der Waals surface area contributed by atoms with Crippen molar-refractivity contribution < 1.29 is 18.4 Å². The number of hydrogen-bond donors (Lipinski definition) is 2. The van der Waals surface area contributed by atoms with E-state index < -0.39 is 23.6 Å². The molecule has 1 atom stereocenters. The Labute approximate surface area is 115 Å². The van der Waals surface area contributed by atoms with E-state index in [1.54, 1.807) is 13.8 Å². The molecule has 108 valence electrons. The van der Waals surface area contributed by atoms with E-state index >= 15 is 0 Å². The smallest absolute Gasteiger partial charge is 0.249 e. The predicted octanol–water partition coefficient (Wildman–Crippen LogP) is 2.31. The number of amides is 2. The van der Waals surface area contributed by atoms with E-state index in [4.69, 9.17) is 0 Å². The number of carbonyl (C=O) groups excluding carboxylic acids is 2. The molecule has 0 aromatic heterocycles. The minimum atomic E-state index is -0.656. The van der Waals surface area contributed by atoms with Crippen molar-refractivity contribution in [2.24, 2.45) is 0 Å². The van der Waals surface area contributed by atoms with Crippen LogP contribution in [0.5, 0.6) is 0 Å². The van der Waals surface area contributed by atoms with Crippen molar-refractivity contribution in [3.05, 3.63) is 29.3 Å². The molecule has 2 amide bonds. The Morgan fingerprint density at radius 1 is 1.25 bits per heavy atom. The molecule has 0 aliphatic carbocycles. The second kappa shape index (κ2) is 5.56. The third kappa shape index (κ3) is 2.95. The summed E-state index contributed by atoms with van der Waals surface area (Å²) in [5.41, 5.74) is 0.220. The summed E-state index contributed by atoms with van der Waals surface area (Å²) in [6.45, 7) is 3.41. The maximum Gasteiger partial charge on any atom is 0.249 e. The van der Waals surface area contributed by atoms with Crippen LogP contribution in [0.25, 0.3) is 0 Å². The van der Waals surface area contributed by atoms with E-state index in [2.05, 4.69) is 10.6 Å². The number of imide groups is 1. The highest BCUT2D eigenvalue weighted by atomic mass is 19.1. The lowest BCUT2D eigenvalue weighted by Crippen LogP contribution is -2.47. The Hall–Kier alpha value is -1.98. The van der Waals surface area contributed by atoms with E-state index in [0.717, 1.165) is 0 Å². The van der Waals surface area contributed by atoms with Crippen LogP contribution in [-0.2, 0) is 9.59 Å². The van der Waals surface area contributed by atoms with Crippen molar-refractivity contribution in [2.45, 2.75) is 38.6 Å². The van der Waals surface area contributed by atoms with E-state index in [0.29, 0.717) is 6.42 Å². The number of anilines is 1. The molecule has 1 unspecified atom stereocenters. The quantitative estimate of drug-likeness (QED) is 0.836. The van der Waals surface area contributed by atoms with Gasteiger partial charge in [-0.3, -0.25) is 14.9 Å². The lowest BCUT2D eigenvalue weighted by molar-refractivity contribution is -0.133. The fraction of sp³-hybridized carbons (Fsp3) is 0.429. The van der Waals surface area contributed by atoms with Gasteiger partial charge in [-0.15, -0.1) is 0 Å². The van der Waals surface area contributed by atoms with Gasteiger partial charge in [-0.25, -0.2) is 8.78 Å². The maximum absolute atomic E-state index is 13.8. The SMILES string of the molecule is CC(C)c1c(F)cc(NC2CCC(=O)NC2=O)cc1F. The summed E-state index contributed by atoms with van der Waals surface area (Å²) in [6.07, 6.45) is 0.512. The van der Waals surface area contributed by atoms with Crippen LogP contribution in [0, 0.1) is 11.6 Å². The first-order chi connectivity index (χ1) is 9.38. The largest absolute Gasteiger partial charge is 0.373 e. The number of rotatable bonds is 3. The summed E-state index contributed by atoms with van der Waals surface area (Å²) in [5, 5.41) is 4.94. The van der Waals surface area contributed by atoms with Gasteiger partial charge in [0.05, 0.1) is 0 Å². The van der Waals surface area contributed by atoms with Gasteiger partial charge in [0.25, 0.3) is 0 Å². The van der Waals surface area contributed by atoms with Crippen LogP contribution < -0.4 is 10.6 Å². The number of hydrogen-bond acceptors (Lipinski definition) is 3. The van der Waals surface area contributed by atoms with Crippen molar-refractivity contribution in [3.8, 4) is 0 Å². The lowest BCUT2D eigenvalue weighted by Gasteiger charge is -2.23. The van der Waals surface area contributed by atoms with Gasteiger partial charge < -0.3 is 5.32 Å². The summed E-state index contributed by atoms with van der Waals surface area (Å²) in [4.78, 5) is 22.6. The Kier molecular flexibility index (Phi) is 4.01. The Balaban J connectivity index is 2.18. The first-order valence-electron chi connectivity index (χ1n) is 6.47. The minimum Gasteiger partial charge on any atom is -0.373 e. The normalized spacial score (nSPS) is 19.1. The third-order valence-corrected chi connectivity index (χ3v) is 3.24. The molecule has 4 nitrogen and oxygen atoms in total. The van der Waals surface area contributed by atoms with E-state index in [1.165, 1.54) is 12.1 Å². The molecule has 2 N–H and O–H groups in total. The highest BCUT2D eigenvalue weighted by molar-refractivity contribution is 6.01. The van der Waals surface area contributed by atoms with Crippen molar-refractivity contribution >= 4 is 17.5 Å². The molecule has 1 fully saturated rings. The van der Waals surface area contributed by atoms with E-state index in [9.17, 15) is 18.4 Å². The Morgan fingerprint density at radius 3 is 2.35 bits per heavy atom. The summed E-state index contributed by atoms with van der Waals surface area (Å²) in [5.74, 6) is -2.36. The topological polar surface area (TPSA) is 58.2 Å². The first kappa shape index (κ1) is 14.4.